The van der Waals surface area contributed by atoms with Crippen LogP contribution >= 0.6 is 0 Å². The first-order valence-electron chi connectivity index (χ1n) is 16.9. The fourth-order valence-electron chi connectivity index (χ4n) is 7.82. The van der Waals surface area contributed by atoms with Gasteiger partial charge in [-0.1, -0.05) is 42.5 Å². The zero-order valence-corrected chi connectivity index (χ0v) is 29.5. The quantitative estimate of drug-likeness (QED) is 0.196. The number of aromatic carboxylic acids is 1. The molecule has 2 aliphatic rings. The number of primary amides is 1. The fourth-order valence-corrected chi connectivity index (χ4v) is 7.82. The van der Waals surface area contributed by atoms with Crippen molar-refractivity contribution >= 4 is 29.4 Å². The minimum Gasteiger partial charge on any atom is -0.493 e. The standard InChI is InChI=1S/C39H43N5O7/c1-24-22-30(38(48)49)26(3)43(24)39(17-16-34(40)45,28-14-15-32(50-4)33(23-28)51-5)44-36(46)29-12-9-13-31(35(29)37(44)47)42-20-18-41(19-21-42)25(2)27-10-7-6-8-11-27/h6-15,22-23,25H,16-21H2,1-5H3,(H2,40,45)(H,48,49). The first-order valence-corrected chi connectivity index (χ1v) is 16.9. The average molecular weight is 694 g/mol. The van der Waals surface area contributed by atoms with Crippen LogP contribution in [0.25, 0.3) is 0 Å². The lowest BCUT2D eigenvalue weighted by atomic mass is 9.90. The third-order valence-corrected chi connectivity index (χ3v) is 10.3. The molecule has 3 heterocycles. The molecule has 266 valence electrons. The second kappa shape index (κ2) is 13.9. The number of amides is 3. The summed E-state index contributed by atoms with van der Waals surface area (Å²) in [5.74, 6) is -2.23. The predicted octanol–water partition coefficient (Wildman–Crippen LogP) is 4.97. The Kier molecular flexibility index (Phi) is 9.63. The van der Waals surface area contributed by atoms with Gasteiger partial charge in [-0.15, -0.1) is 0 Å². The van der Waals surface area contributed by atoms with E-state index in [1.807, 2.05) is 24.3 Å². The fraction of sp³-hybridized carbons (Fsp3) is 0.333. The molecule has 2 atom stereocenters. The highest BCUT2D eigenvalue weighted by atomic mass is 16.5. The average Bonchev–Trinajstić information content (AvgIpc) is 3.59. The molecule has 3 amide bonds. The van der Waals surface area contributed by atoms with E-state index in [-0.39, 0.29) is 35.6 Å². The molecular weight excluding hydrogens is 650 g/mol. The number of imide groups is 1. The summed E-state index contributed by atoms with van der Waals surface area (Å²) in [7, 11) is 2.96. The van der Waals surface area contributed by atoms with Gasteiger partial charge in [-0.05, 0) is 56.7 Å². The Bertz CT molecular complexity index is 2000. The van der Waals surface area contributed by atoms with Crippen molar-refractivity contribution in [1.82, 2.24) is 14.4 Å². The van der Waals surface area contributed by atoms with Crippen LogP contribution in [0.5, 0.6) is 11.5 Å². The zero-order chi connectivity index (χ0) is 36.6. The highest BCUT2D eigenvalue weighted by Crippen LogP contribution is 2.47. The van der Waals surface area contributed by atoms with Gasteiger partial charge in [0.25, 0.3) is 11.8 Å². The van der Waals surface area contributed by atoms with Gasteiger partial charge in [-0.25, -0.2) is 9.69 Å². The van der Waals surface area contributed by atoms with Crippen LogP contribution < -0.4 is 20.1 Å². The minimum absolute atomic E-state index is 0.00340. The molecule has 2 aliphatic heterocycles. The Labute approximate surface area is 297 Å². The molecule has 6 rings (SSSR count). The Morgan fingerprint density at radius 1 is 0.882 bits per heavy atom. The van der Waals surface area contributed by atoms with Crippen LogP contribution in [0.2, 0.25) is 0 Å². The number of piperazine rings is 1. The number of aryl methyl sites for hydroxylation is 1. The van der Waals surface area contributed by atoms with Crippen LogP contribution in [-0.2, 0) is 10.5 Å². The summed E-state index contributed by atoms with van der Waals surface area (Å²) in [4.78, 5) is 60.5. The SMILES string of the molecule is COc1ccc(C(CCC(N)=O)(N2C(=O)c3cccc(N4CCN(C(C)c5ccccc5)CC4)c3C2=O)n2c(C)cc(C(=O)O)c2C)cc1OC. The van der Waals surface area contributed by atoms with Crippen LogP contribution in [0.3, 0.4) is 0 Å². The molecule has 1 aromatic heterocycles. The summed E-state index contributed by atoms with van der Waals surface area (Å²) in [6.45, 7) is 8.28. The van der Waals surface area contributed by atoms with Gasteiger partial charge >= 0.3 is 5.97 Å². The van der Waals surface area contributed by atoms with E-state index in [0.29, 0.717) is 47.2 Å². The van der Waals surface area contributed by atoms with Gasteiger partial charge in [0, 0.05) is 62.0 Å². The molecule has 0 spiro atoms. The number of nitrogens with zero attached hydrogens (tertiary/aromatic N) is 4. The number of carbonyl (C=O) groups excluding carboxylic acids is 3. The number of rotatable bonds is 12. The number of methoxy groups -OCH3 is 2. The first-order chi connectivity index (χ1) is 24.4. The lowest BCUT2D eigenvalue weighted by molar-refractivity contribution is -0.118. The third-order valence-electron chi connectivity index (χ3n) is 10.3. The molecule has 0 radical (unpaired) electrons. The van der Waals surface area contributed by atoms with E-state index in [2.05, 4.69) is 28.9 Å². The predicted molar refractivity (Wildman–Crippen MR) is 192 cm³/mol. The highest BCUT2D eigenvalue weighted by molar-refractivity contribution is 6.24. The zero-order valence-electron chi connectivity index (χ0n) is 29.5. The molecule has 1 fully saturated rings. The van der Waals surface area contributed by atoms with E-state index in [9.17, 15) is 19.5 Å². The minimum atomic E-state index is -1.73. The summed E-state index contributed by atoms with van der Waals surface area (Å²) < 4.78 is 12.8. The van der Waals surface area contributed by atoms with Gasteiger partial charge in [-0.3, -0.25) is 19.3 Å². The topological polar surface area (TPSA) is 148 Å². The van der Waals surface area contributed by atoms with E-state index < -0.39 is 29.4 Å². The van der Waals surface area contributed by atoms with E-state index in [4.69, 9.17) is 15.2 Å². The van der Waals surface area contributed by atoms with Crippen molar-refractivity contribution in [1.29, 1.82) is 0 Å². The molecule has 0 bridgehead atoms. The maximum atomic E-state index is 15.1. The van der Waals surface area contributed by atoms with E-state index in [1.54, 1.807) is 48.7 Å². The Morgan fingerprint density at radius 3 is 2.18 bits per heavy atom. The molecule has 51 heavy (non-hydrogen) atoms. The second-order valence-corrected chi connectivity index (χ2v) is 13.0. The van der Waals surface area contributed by atoms with Gasteiger partial charge < -0.3 is 29.8 Å². The summed E-state index contributed by atoms with van der Waals surface area (Å²) in [6.07, 6.45) is -0.361. The van der Waals surface area contributed by atoms with Gasteiger partial charge in [0.2, 0.25) is 5.91 Å². The molecule has 0 aliphatic carbocycles. The van der Waals surface area contributed by atoms with Crippen molar-refractivity contribution < 1.29 is 33.8 Å². The van der Waals surface area contributed by atoms with Crippen molar-refractivity contribution in [3.63, 3.8) is 0 Å². The van der Waals surface area contributed by atoms with Crippen molar-refractivity contribution in [3.8, 4) is 11.5 Å². The Morgan fingerprint density at radius 2 is 1.57 bits per heavy atom. The number of benzene rings is 3. The molecule has 3 N–H and O–H groups in total. The first kappa shape index (κ1) is 35.2. The summed E-state index contributed by atoms with van der Waals surface area (Å²) >= 11 is 0. The van der Waals surface area contributed by atoms with E-state index >= 15 is 4.79 Å². The number of carboxylic acid groups (broad SMARTS) is 1. The molecule has 1 saturated heterocycles. The molecular formula is C39H43N5O7. The Balaban J connectivity index is 1.49. The molecule has 12 nitrogen and oxygen atoms in total. The highest BCUT2D eigenvalue weighted by Gasteiger charge is 2.54. The lowest BCUT2D eigenvalue weighted by Gasteiger charge is -2.44. The molecule has 2 unspecified atom stereocenters. The largest absolute Gasteiger partial charge is 0.493 e. The van der Waals surface area contributed by atoms with Crippen LogP contribution in [0, 0.1) is 13.8 Å². The lowest BCUT2D eigenvalue weighted by Crippen LogP contribution is -2.55. The van der Waals surface area contributed by atoms with Crippen LogP contribution in [0.15, 0.2) is 72.8 Å². The number of aromatic nitrogens is 1. The summed E-state index contributed by atoms with van der Waals surface area (Å²) in [5, 5.41) is 10.1. The van der Waals surface area contributed by atoms with Crippen LogP contribution in [0.1, 0.15) is 79.4 Å². The van der Waals surface area contributed by atoms with E-state index in [1.165, 1.54) is 30.7 Å². The summed E-state index contributed by atoms with van der Waals surface area (Å²) in [5.41, 5.74) is 7.52. The van der Waals surface area contributed by atoms with E-state index in [0.717, 1.165) is 13.1 Å². The van der Waals surface area contributed by atoms with Crippen molar-refractivity contribution in [3.05, 3.63) is 112 Å². The van der Waals surface area contributed by atoms with Gasteiger partial charge in [0.05, 0.1) is 36.6 Å². The number of anilines is 1. The monoisotopic (exact) mass is 693 g/mol. The molecule has 4 aromatic rings. The van der Waals surface area contributed by atoms with Crippen LogP contribution in [-0.4, -0.2) is 83.6 Å². The number of fused-ring (bicyclic) bond motifs is 1. The second-order valence-electron chi connectivity index (χ2n) is 13.0. The maximum Gasteiger partial charge on any atom is 0.337 e. The van der Waals surface area contributed by atoms with Crippen molar-refractivity contribution in [2.24, 2.45) is 5.73 Å². The molecule has 3 aromatic carbocycles. The number of carbonyl (C=O) groups is 4. The number of carboxylic acids is 1. The summed E-state index contributed by atoms with van der Waals surface area (Å²) in [6, 6.07) is 22.3. The normalized spacial score (nSPS) is 16.5. The maximum absolute atomic E-state index is 15.1. The number of hydrogen-bond donors (Lipinski definition) is 2. The third kappa shape index (κ3) is 5.99. The number of nitrogens with two attached hydrogens (primary N) is 1. The van der Waals surface area contributed by atoms with Gasteiger partial charge in [-0.2, -0.15) is 0 Å². The van der Waals surface area contributed by atoms with Crippen LogP contribution in [0.4, 0.5) is 5.69 Å². The Hall–Kier alpha value is -5.62. The smallest absolute Gasteiger partial charge is 0.337 e. The number of hydrogen-bond acceptors (Lipinski definition) is 8. The van der Waals surface area contributed by atoms with Gasteiger partial charge in [0.15, 0.2) is 17.2 Å². The van der Waals surface area contributed by atoms with Gasteiger partial charge in [0.1, 0.15) is 0 Å². The number of ether oxygens (including phenoxy) is 2. The molecule has 0 saturated carbocycles. The molecule has 12 heteroatoms. The van der Waals surface area contributed by atoms with Crippen molar-refractivity contribution in [2.75, 3.05) is 45.3 Å². The van der Waals surface area contributed by atoms with Crippen molar-refractivity contribution in [2.45, 2.75) is 45.3 Å².